The lowest BCUT2D eigenvalue weighted by atomic mass is 9.98. The number of rotatable bonds is 5. The van der Waals surface area contributed by atoms with Crippen molar-refractivity contribution in [2.45, 2.75) is 24.8 Å². The first-order chi connectivity index (χ1) is 15.6. The van der Waals surface area contributed by atoms with Crippen LogP contribution in [-0.2, 0) is 20.9 Å². The number of hydrogen-bond acceptors (Lipinski definition) is 6. The molecule has 0 radical (unpaired) electrons. The maximum Gasteiger partial charge on any atom is 0.424 e. The Hall–Kier alpha value is -3.68. The number of amides is 2. The number of ether oxygens (including phenoxy) is 2. The summed E-state index contributed by atoms with van der Waals surface area (Å²) in [5, 5.41) is 1.72. The van der Waals surface area contributed by atoms with Crippen molar-refractivity contribution < 1.29 is 23.9 Å². The first-order valence-corrected chi connectivity index (χ1v) is 10.4. The summed E-state index contributed by atoms with van der Waals surface area (Å²) in [7, 11) is 1.61. The highest BCUT2D eigenvalue weighted by Gasteiger charge is 2.62. The van der Waals surface area contributed by atoms with Crippen LogP contribution in [0.4, 0.5) is 10.5 Å². The van der Waals surface area contributed by atoms with E-state index in [9.17, 15) is 9.59 Å². The molecular weight excluding hydrogens is 408 g/mol. The Morgan fingerprint density at radius 3 is 2.25 bits per heavy atom. The van der Waals surface area contributed by atoms with Gasteiger partial charge in [0.05, 0.1) is 18.8 Å². The number of carbonyl (C=O) groups is 2. The fourth-order valence-electron chi connectivity index (χ4n) is 4.13. The summed E-state index contributed by atoms with van der Waals surface area (Å²) >= 11 is 0. The molecule has 2 amide bonds. The van der Waals surface area contributed by atoms with E-state index in [1.807, 2.05) is 60.7 Å². The average Bonchev–Trinajstić information content (AvgIpc) is 3.30. The van der Waals surface area contributed by atoms with Crippen LogP contribution in [0.5, 0.6) is 5.75 Å². The summed E-state index contributed by atoms with van der Waals surface area (Å²) in [5.41, 5.74) is 2.39. The predicted octanol–water partition coefficient (Wildman–Crippen LogP) is 4.45. The van der Waals surface area contributed by atoms with Gasteiger partial charge in [-0.2, -0.15) is 5.06 Å². The number of benzene rings is 3. The highest BCUT2D eigenvalue weighted by molar-refractivity contribution is 6.19. The molecule has 0 aromatic heterocycles. The number of anilines is 1. The molecule has 2 aliphatic heterocycles. The van der Waals surface area contributed by atoms with Gasteiger partial charge in [-0.3, -0.25) is 4.79 Å². The Bertz CT molecular complexity index is 1120. The molecular formula is C25H22N2O5. The molecule has 2 heterocycles. The summed E-state index contributed by atoms with van der Waals surface area (Å²) in [4.78, 5) is 33.3. The Morgan fingerprint density at radius 2 is 1.59 bits per heavy atom. The van der Waals surface area contributed by atoms with Crippen molar-refractivity contribution in [2.24, 2.45) is 0 Å². The van der Waals surface area contributed by atoms with Crippen LogP contribution in [0.1, 0.15) is 23.6 Å². The van der Waals surface area contributed by atoms with Crippen LogP contribution in [0.3, 0.4) is 0 Å². The highest BCUT2D eigenvalue weighted by Crippen LogP contribution is 2.46. The van der Waals surface area contributed by atoms with Gasteiger partial charge in [0.1, 0.15) is 5.75 Å². The third kappa shape index (κ3) is 3.51. The molecule has 0 N–H and O–H groups in total. The smallest absolute Gasteiger partial charge is 0.424 e. The molecule has 0 saturated carbocycles. The summed E-state index contributed by atoms with van der Waals surface area (Å²) in [5.74, 6) is -1.50. The first kappa shape index (κ1) is 20.2. The van der Waals surface area contributed by atoms with Gasteiger partial charge in [-0.1, -0.05) is 60.7 Å². The molecule has 0 bridgehead atoms. The summed E-state index contributed by atoms with van der Waals surface area (Å²) in [6, 6.07) is 25.8. The van der Waals surface area contributed by atoms with Crippen LogP contribution in [-0.4, -0.2) is 30.0 Å². The Labute approximate surface area is 185 Å². The number of carbonyl (C=O) groups excluding carboxylic acids is 2. The molecule has 162 valence electrons. The quantitative estimate of drug-likeness (QED) is 0.596. The Kier molecular flexibility index (Phi) is 5.13. The lowest BCUT2D eigenvalue weighted by molar-refractivity contribution is -0.266. The van der Waals surface area contributed by atoms with Crippen molar-refractivity contribution >= 4 is 17.7 Å². The molecule has 0 aliphatic carbocycles. The molecule has 1 spiro atoms. The molecule has 5 rings (SSSR count). The van der Waals surface area contributed by atoms with E-state index >= 15 is 0 Å². The van der Waals surface area contributed by atoms with Gasteiger partial charge in [0.15, 0.2) is 0 Å². The number of imide groups is 1. The van der Waals surface area contributed by atoms with E-state index in [1.165, 1.54) is 0 Å². The Balaban J connectivity index is 1.49. The van der Waals surface area contributed by atoms with E-state index in [-0.39, 0.29) is 12.5 Å². The third-order valence-electron chi connectivity index (χ3n) is 5.73. The number of hydrogen-bond donors (Lipinski definition) is 0. The molecule has 2 aliphatic rings. The maximum absolute atomic E-state index is 13.4. The zero-order chi connectivity index (χ0) is 22.1. The standard InChI is InChI=1S/C25H22N2O5/c1-30-21-14-12-19(13-15-21)22-16-25(32-26(22)17-18-8-4-2-5-9-18)23(28)27(24(29)31-25)20-10-6-3-7-11-20/h2-15,22H,16-17H2,1H3/t22-,25+/m1/s1. The van der Waals surface area contributed by atoms with Gasteiger partial charge in [-0.15, -0.1) is 0 Å². The summed E-state index contributed by atoms with van der Waals surface area (Å²) < 4.78 is 10.9. The Morgan fingerprint density at radius 1 is 0.938 bits per heavy atom. The van der Waals surface area contributed by atoms with E-state index in [2.05, 4.69) is 0 Å². The van der Waals surface area contributed by atoms with Crippen LogP contribution in [0, 0.1) is 0 Å². The van der Waals surface area contributed by atoms with E-state index in [0.29, 0.717) is 12.2 Å². The normalized spacial score (nSPS) is 23.0. The van der Waals surface area contributed by atoms with Crippen LogP contribution >= 0.6 is 0 Å². The topological polar surface area (TPSA) is 68.3 Å². The number of nitrogens with zero attached hydrogens (tertiary/aromatic N) is 2. The van der Waals surface area contributed by atoms with E-state index in [1.54, 1.807) is 36.4 Å². The SMILES string of the molecule is COc1ccc([C@H]2C[C@]3(OC(=O)N(c4ccccc4)C3=O)ON2Cc2ccccc2)cc1. The van der Waals surface area contributed by atoms with Gasteiger partial charge in [0.2, 0.25) is 0 Å². The van der Waals surface area contributed by atoms with Crippen LogP contribution in [0.25, 0.3) is 0 Å². The highest BCUT2D eigenvalue weighted by atomic mass is 16.8. The van der Waals surface area contributed by atoms with Gasteiger partial charge in [-0.25, -0.2) is 14.5 Å². The number of methoxy groups -OCH3 is 1. The van der Waals surface area contributed by atoms with Crippen molar-refractivity contribution in [3.63, 3.8) is 0 Å². The lowest BCUT2D eigenvalue weighted by Gasteiger charge is -2.23. The summed E-state index contributed by atoms with van der Waals surface area (Å²) in [6.45, 7) is 0.426. The molecule has 2 saturated heterocycles. The monoisotopic (exact) mass is 430 g/mol. The number of hydroxylamine groups is 2. The second kappa shape index (κ2) is 8.11. The van der Waals surface area contributed by atoms with Crippen molar-refractivity contribution in [1.82, 2.24) is 5.06 Å². The molecule has 7 nitrogen and oxygen atoms in total. The lowest BCUT2D eigenvalue weighted by Crippen LogP contribution is -2.41. The van der Waals surface area contributed by atoms with Crippen molar-refractivity contribution in [2.75, 3.05) is 12.0 Å². The molecule has 2 atom stereocenters. The molecule has 2 fully saturated rings. The van der Waals surface area contributed by atoms with E-state index in [0.717, 1.165) is 21.8 Å². The molecule has 3 aromatic rings. The van der Waals surface area contributed by atoms with Crippen molar-refractivity contribution in [1.29, 1.82) is 0 Å². The molecule has 7 heteroatoms. The fraction of sp³-hybridized carbons (Fsp3) is 0.200. The van der Waals surface area contributed by atoms with Crippen molar-refractivity contribution in [3.05, 3.63) is 96.1 Å². The molecule has 3 aromatic carbocycles. The van der Waals surface area contributed by atoms with Gasteiger partial charge in [-0.05, 0) is 35.4 Å². The minimum Gasteiger partial charge on any atom is -0.497 e. The van der Waals surface area contributed by atoms with Gasteiger partial charge < -0.3 is 9.47 Å². The van der Waals surface area contributed by atoms with Crippen molar-refractivity contribution in [3.8, 4) is 5.75 Å². The average molecular weight is 430 g/mol. The third-order valence-corrected chi connectivity index (χ3v) is 5.73. The number of para-hydroxylation sites is 1. The van der Waals surface area contributed by atoms with Crippen LogP contribution in [0.2, 0.25) is 0 Å². The predicted molar refractivity (Wildman–Crippen MR) is 117 cm³/mol. The minimum absolute atomic E-state index is 0.181. The zero-order valence-corrected chi connectivity index (χ0v) is 17.5. The maximum atomic E-state index is 13.4. The second-order valence-electron chi connectivity index (χ2n) is 7.74. The van der Waals surface area contributed by atoms with E-state index < -0.39 is 17.8 Å². The van der Waals surface area contributed by atoms with Gasteiger partial charge >= 0.3 is 17.8 Å². The molecule has 32 heavy (non-hydrogen) atoms. The largest absolute Gasteiger partial charge is 0.497 e. The molecule has 0 unspecified atom stereocenters. The first-order valence-electron chi connectivity index (χ1n) is 10.4. The zero-order valence-electron chi connectivity index (χ0n) is 17.5. The van der Waals surface area contributed by atoms with Crippen LogP contribution < -0.4 is 9.64 Å². The fourth-order valence-corrected chi connectivity index (χ4v) is 4.13. The summed E-state index contributed by atoms with van der Waals surface area (Å²) in [6.07, 6.45) is -0.559. The van der Waals surface area contributed by atoms with Crippen LogP contribution in [0.15, 0.2) is 84.9 Å². The van der Waals surface area contributed by atoms with Gasteiger partial charge in [0.25, 0.3) is 0 Å². The second-order valence-corrected chi connectivity index (χ2v) is 7.74. The van der Waals surface area contributed by atoms with Gasteiger partial charge in [0, 0.05) is 13.0 Å². The van der Waals surface area contributed by atoms with E-state index in [4.69, 9.17) is 14.3 Å². The minimum atomic E-state index is -1.70.